The highest BCUT2D eigenvalue weighted by molar-refractivity contribution is 5.91. The maximum Gasteiger partial charge on any atom is 0.262 e. The Labute approximate surface area is 186 Å². The topological polar surface area (TPSA) is 58.6 Å². The molecule has 0 bridgehead atoms. The van der Waals surface area contributed by atoms with E-state index in [9.17, 15) is 14.0 Å². The lowest BCUT2D eigenvalue weighted by atomic mass is 9.88. The van der Waals surface area contributed by atoms with Crippen molar-refractivity contribution in [3.8, 4) is 5.75 Å². The fourth-order valence-corrected chi connectivity index (χ4v) is 4.04. The van der Waals surface area contributed by atoms with Gasteiger partial charge in [0.15, 0.2) is 6.61 Å². The fourth-order valence-electron chi connectivity index (χ4n) is 4.04. The second-order valence-corrected chi connectivity index (χ2v) is 7.98. The van der Waals surface area contributed by atoms with Gasteiger partial charge in [-0.05, 0) is 66.4 Å². The number of nitrogens with zero attached hydrogens (tertiary/aromatic N) is 1. The molecule has 1 N–H and O–H groups in total. The average Bonchev–Trinajstić information content (AvgIpc) is 2.78. The van der Waals surface area contributed by atoms with Crippen LogP contribution < -0.4 is 10.1 Å². The molecule has 0 spiro atoms. The molecule has 0 aromatic heterocycles. The predicted octanol–water partition coefficient (Wildman–Crippen LogP) is 4.65. The highest BCUT2D eigenvalue weighted by Crippen LogP contribution is 2.37. The van der Waals surface area contributed by atoms with E-state index in [0.29, 0.717) is 30.0 Å². The number of rotatable bonds is 5. The summed E-state index contributed by atoms with van der Waals surface area (Å²) >= 11 is 0. The largest absolute Gasteiger partial charge is 0.484 e. The van der Waals surface area contributed by atoms with Gasteiger partial charge in [-0.2, -0.15) is 0 Å². The molecule has 1 aliphatic rings. The molecule has 3 aromatic carbocycles. The quantitative estimate of drug-likeness (QED) is 0.639. The number of fused-ring (bicyclic) bond motifs is 1. The van der Waals surface area contributed by atoms with Gasteiger partial charge in [-0.1, -0.05) is 35.9 Å². The van der Waals surface area contributed by atoms with Crippen LogP contribution in [-0.4, -0.2) is 29.9 Å². The third-order valence-electron chi connectivity index (χ3n) is 5.62. The van der Waals surface area contributed by atoms with Gasteiger partial charge in [-0.3, -0.25) is 9.59 Å². The summed E-state index contributed by atoms with van der Waals surface area (Å²) in [6, 6.07) is 19.1. The van der Waals surface area contributed by atoms with Crippen molar-refractivity contribution < 1.29 is 18.7 Å². The zero-order valence-corrected chi connectivity index (χ0v) is 18.1. The van der Waals surface area contributed by atoms with Crippen molar-refractivity contribution in [3.63, 3.8) is 0 Å². The summed E-state index contributed by atoms with van der Waals surface area (Å²) in [5.41, 5.74) is 4.48. The third kappa shape index (κ3) is 4.80. The minimum Gasteiger partial charge on any atom is -0.484 e. The predicted molar refractivity (Wildman–Crippen MR) is 121 cm³/mol. The summed E-state index contributed by atoms with van der Waals surface area (Å²) in [7, 11) is 0. The first-order valence-electron chi connectivity index (χ1n) is 10.6. The second-order valence-electron chi connectivity index (χ2n) is 7.98. The summed E-state index contributed by atoms with van der Waals surface area (Å²) in [4.78, 5) is 26.4. The van der Waals surface area contributed by atoms with Gasteiger partial charge in [0.2, 0.25) is 5.91 Å². The Hall–Kier alpha value is -3.67. The van der Waals surface area contributed by atoms with E-state index >= 15 is 0 Å². The first kappa shape index (κ1) is 21.6. The molecule has 3 aromatic rings. The molecule has 0 saturated heterocycles. The van der Waals surface area contributed by atoms with Gasteiger partial charge in [0.25, 0.3) is 5.91 Å². The number of halogens is 1. The van der Waals surface area contributed by atoms with Gasteiger partial charge in [-0.25, -0.2) is 4.39 Å². The Kier molecular flexibility index (Phi) is 6.21. The molecule has 2 amide bonds. The van der Waals surface area contributed by atoms with Gasteiger partial charge in [-0.15, -0.1) is 0 Å². The standard InChI is InChI=1S/C26H25FN2O3/c1-17-6-9-22(10-7-17)28-25(31)16-32-23-11-8-19-12-13-29(18(2)30)26(24(19)15-23)20-4-3-5-21(27)14-20/h3-11,14-15,26H,12-13,16H2,1-2H3,(H,28,31)/t26-/m0/s1. The molecule has 6 heteroatoms. The smallest absolute Gasteiger partial charge is 0.262 e. The van der Waals surface area contributed by atoms with E-state index in [2.05, 4.69) is 5.32 Å². The minimum absolute atomic E-state index is 0.0753. The molecule has 0 aliphatic carbocycles. The first-order valence-corrected chi connectivity index (χ1v) is 10.6. The van der Waals surface area contributed by atoms with Crippen LogP contribution in [0.2, 0.25) is 0 Å². The van der Waals surface area contributed by atoms with Crippen molar-refractivity contribution in [2.24, 2.45) is 0 Å². The van der Waals surface area contributed by atoms with Gasteiger partial charge in [0.05, 0.1) is 6.04 Å². The molecule has 0 unspecified atom stereocenters. The van der Waals surface area contributed by atoms with Crippen LogP contribution in [0.25, 0.3) is 0 Å². The van der Waals surface area contributed by atoms with Crippen molar-refractivity contribution in [3.05, 3.63) is 94.8 Å². The minimum atomic E-state index is -0.406. The van der Waals surface area contributed by atoms with Crippen molar-refractivity contribution in [1.82, 2.24) is 4.90 Å². The summed E-state index contributed by atoms with van der Waals surface area (Å²) in [5.74, 6) is -0.166. The van der Waals surface area contributed by atoms with E-state index in [0.717, 1.165) is 16.7 Å². The Morgan fingerprint density at radius 2 is 1.88 bits per heavy atom. The zero-order chi connectivity index (χ0) is 22.7. The van der Waals surface area contributed by atoms with E-state index in [1.165, 1.54) is 19.1 Å². The van der Waals surface area contributed by atoms with Crippen molar-refractivity contribution in [2.75, 3.05) is 18.5 Å². The van der Waals surface area contributed by atoms with Crippen molar-refractivity contribution in [2.45, 2.75) is 26.3 Å². The van der Waals surface area contributed by atoms with Crippen LogP contribution in [0.4, 0.5) is 10.1 Å². The number of carbonyl (C=O) groups is 2. The average molecular weight is 432 g/mol. The molecular weight excluding hydrogens is 407 g/mol. The number of amides is 2. The van der Waals surface area contributed by atoms with E-state index in [1.807, 2.05) is 55.5 Å². The molecule has 32 heavy (non-hydrogen) atoms. The normalized spacial score (nSPS) is 15.1. The number of aryl methyl sites for hydroxylation is 1. The highest BCUT2D eigenvalue weighted by Gasteiger charge is 2.31. The number of nitrogens with one attached hydrogen (secondary N) is 1. The number of anilines is 1. The number of ether oxygens (including phenoxy) is 1. The van der Waals surface area contributed by atoms with Crippen LogP contribution in [0, 0.1) is 12.7 Å². The van der Waals surface area contributed by atoms with Crippen LogP contribution >= 0.6 is 0 Å². The fraction of sp³-hybridized carbons (Fsp3) is 0.231. The SMILES string of the molecule is CC(=O)N1CCc2ccc(OCC(=O)Nc3ccc(C)cc3)cc2[C@@H]1c1cccc(F)c1. The van der Waals surface area contributed by atoms with Crippen LogP contribution in [0.1, 0.15) is 35.2 Å². The molecule has 1 heterocycles. The lowest BCUT2D eigenvalue weighted by molar-refractivity contribution is -0.130. The van der Waals surface area contributed by atoms with Crippen molar-refractivity contribution in [1.29, 1.82) is 0 Å². The molecule has 1 aliphatic heterocycles. The zero-order valence-electron chi connectivity index (χ0n) is 18.1. The van der Waals surface area contributed by atoms with Crippen LogP contribution in [0.15, 0.2) is 66.7 Å². The van der Waals surface area contributed by atoms with Gasteiger partial charge in [0.1, 0.15) is 11.6 Å². The van der Waals surface area contributed by atoms with Crippen molar-refractivity contribution >= 4 is 17.5 Å². The molecule has 0 radical (unpaired) electrons. The number of carbonyl (C=O) groups excluding carboxylic acids is 2. The molecule has 164 valence electrons. The van der Waals surface area contributed by atoms with E-state index < -0.39 is 6.04 Å². The summed E-state index contributed by atoms with van der Waals surface area (Å²) in [5, 5.41) is 2.81. The Balaban J connectivity index is 1.55. The van der Waals surface area contributed by atoms with E-state index in [1.54, 1.807) is 11.0 Å². The highest BCUT2D eigenvalue weighted by atomic mass is 19.1. The van der Waals surface area contributed by atoms with Gasteiger partial charge >= 0.3 is 0 Å². The lowest BCUT2D eigenvalue weighted by Gasteiger charge is -2.37. The maximum absolute atomic E-state index is 13.9. The monoisotopic (exact) mass is 432 g/mol. The lowest BCUT2D eigenvalue weighted by Crippen LogP contribution is -2.39. The number of benzene rings is 3. The summed E-state index contributed by atoms with van der Waals surface area (Å²) in [6.45, 7) is 3.92. The summed E-state index contributed by atoms with van der Waals surface area (Å²) in [6.07, 6.45) is 0.703. The third-order valence-corrected chi connectivity index (χ3v) is 5.62. The maximum atomic E-state index is 13.9. The van der Waals surface area contributed by atoms with E-state index in [4.69, 9.17) is 4.74 Å². The molecule has 5 nitrogen and oxygen atoms in total. The van der Waals surface area contributed by atoms with Crippen LogP contribution in [0.5, 0.6) is 5.75 Å². The molecule has 1 atom stereocenters. The Morgan fingerprint density at radius 1 is 1.09 bits per heavy atom. The van der Waals surface area contributed by atoms with E-state index in [-0.39, 0.29) is 24.2 Å². The van der Waals surface area contributed by atoms with Gasteiger partial charge in [0, 0.05) is 19.2 Å². The van der Waals surface area contributed by atoms with Crippen LogP contribution in [0.3, 0.4) is 0 Å². The number of hydrogen-bond donors (Lipinski definition) is 1. The van der Waals surface area contributed by atoms with Crippen LogP contribution in [-0.2, 0) is 16.0 Å². The summed E-state index contributed by atoms with van der Waals surface area (Å²) < 4.78 is 19.7. The van der Waals surface area contributed by atoms with Gasteiger partial charge < -0.3 is 15.0 Å². The molecule has 0 fully saturated rings. The molecule has 0 saturated carbocycles. The Morgan fingerprint density at radius 3 is 2.59 bits per heavy atom. The Bertz CT molecular complexity index is 1140. The number of hydrogen-bond acceptors (Lipinski definition) is 3. The second kappa shape index (κ2) is 9.22. The first-order chi connectivity index (χ1) is 15.4. The molecular formula is C26H25FN2O3. The molecule has 4 rings (SSSR count).